The number of amides is 2. The molecule has 0 aliphatic rings. The minimum absolute atomic E-state index is 0.373. The van der Waals surface area contributed by atoms with Gasteiger partial charge in [0.2, 0.25) is 0 Å². The number of carbonyl (C=O) groups is 2. The van der Waals surface area contributed by atoms with Gasteiger partial charge in [-0.1, -0.05) is 29.8 Å². The molecule has 0 radical (unpaired) electrons. The molecule has 0 aliphatic heterocycles. The Morgan fingerprint density at radius 3 is 2.43 bits per heavy atom. The Hall–Kier alpha value is -3.58. The van der Waals surface area contributed by atoms with E-state index in [1.54, 1.807) is 48.7 Å². The number of aromatic nitrogens is 1. The third-order valence-corrected chi connectivity index (χ3v) is 4.03. The number of nitrogens with zero attached hydrogens (tertiary/aromatic N) is 1. The Balaban J connectivity index is 1.65. The van der Waals surface area contributed by atoms with Gasteiger partial charge in [0.25, 0.3) is 0 Å². The van der Waals surface area contributed by atoms with E-state index in [0.29, 0.717) is 33.5 Å². The molecule has 142 valence electrons. The van der Waals surface area contributed by atoms with Crippen molar-refractivity contribution in [1.29, 1.82) is 0 Å². The van der Waals surface area contributed by atoms with Crippen molar-refractivity contribution in [2.75, 3.05) is 23.1 Å². The number of nitrogens with one attached hydrogen (secondary N) is 3. The van der Waals surface area contributed by atoms with Gasteiger partial charge in [-0.25, -0.2) is 14.6 Å². The SMILES string of the molecule is COC(=O)c1ccc(Cl)c(Nc2ccc(NC(=O)Nc3ccccc3)nc2)c1. The van der Waals surface area contributed by atoms with Gasteiger partial charge in [-0.2, -0.15) is 0 Å². The van der Waals surface area contributed by atoms with Crippen molar-refractivity contribution in [3.8, 4) is 0 Å². The molecule has 2 amide bonds. The standard InChI is InChI=1S/C20H17ClN4O3/c1-28-19(26)13-7-9-16(21)17(11-13)23-15-8-10-18(22-12-15)25-20(27)24-14-5-3-2-4-6-14/h2-12,23H,1H3,(H2,22,24,25,27). The monoisotopic (exact) mass is 396 g/mol. The van der Waals surface area contributed by atoms with Gasteiger partial charge in [-0.15, -0.1) is 0 Å². The lowest BCUT2D eigenvalue weighted by molar-refractivity contribution is 0.0601. The zero-order chi connectivity index (χ0) is 19.9. The Labute approximate surface area is 166 Å². The Bertz CT molecular complexity index is 979. The van der Waals surface area contributed by atoms with Gasteiger partial charge < -0.3 is 15.4 Å². The van der Waals surface area contributed by atoms with E-state index in [4.69, 9.17) is 16.3 Å². The van der Waals surface area contributed by atoms with Crippen LogP contribution in [0, 0.1) is 0 Å². The minimum Gasteiger partial charge on any atom is -0.465 e. The molecule has 0 bridgehead atoms. The number of methoxy groups -OCH3 is 1. The molecule has 2 aromatic carbocycles. The zero-order valence-corrected chi connectivity index (χ0v) is 15.7. The van der Waals surface area contributed by atoms with Crippen LogP contribution in [-0.2, 0) is 4.74 Å². The number of esters is 1. The number of rotatable bonds is 5. The van der Waals surface area contributed by atoms with Crippen LogP contribution >= 0.6 is 11.6 Å². The molecule has 3 aromatic rings. The smallest absolute Gasteiger partial charge is 0.337 e. The fourth-order valence-corrected chi connectivity index (χ4v) is 2.53. The predicted molar refractivity (Wildman–Crippen MR) is 109 cm³/mol. The van der Waals surface area contributed by atoms with E-state index in [2.05, 4.69) is 20.9 Å². The number of para-hydroxylation sites is 1. The third kappa shape index (κ3) is 4.99. The molecular formula is C20H17ClN4O3. The average molecular weight is 397 g/mol. The second kappa shape index (κ2) is 8.88. The van der Waals surface area contributed by atoms with E-state index in [0.717, 1.165) is 0 Å². The van der Waals surface area contributed by atoms with Crippen LogP contribution in [0.2, 0.25) is 5.02 Å². The summed E-state index contributed by atoms with van der Waals surface area (Å²) in [6, 6.07) is 16.8. The highest BCUT2D eigenvalue weighted by molar-refractivity contribution is 6.33. The summed E-state index contributed by atoms with van der Waals surface area (Å²) >= 11 is 6.17. The van der Waals surface area contributed by atoms with E-state index in [1.165, 1.54) is 7.11 Å². The Morgan fingerprint density at radius 2 is 1.75 bits per heavy atom. The molecule has 0 saturated carbocycles. The average Bonchev–Trinajstić information content (AvgIpc) is 2.71. The molecule has 1 heterocycles. The summed E-state index contributed by atoms with van der Waals surface area (Å²) in [7, 11) is 1.31. The number of anilines is 4. The van der Waals surface area contributed by atoms with E-state index < -0.39 is 12.0 Å². The summed E-state index contributed by atoms with van der Waals surface area (Å²) in [4.78, 5) is 27.8. The Morgan fingerprint density at radius 1 is 0.964 bits per heavy atom. The van der Waals surface area contributed by atoms with Crippen LogP contribution < -0.4 is 16.0 Å². The van der Waals surface area contributed by atoms with E-state index in [9.17, 15) is 9.59 Å². The fraction of sp³-hybridized carbons (Fsp3) is 0.0500. The molecule has 0 spiro atoms. The van der Waals surface area contributed by atoms with E-state index in [-0.39, 0.29) is 0 Å². The van der Waals surface area contributed by atoms with Crippen molar-refractivity contribution in [2.45, 2.75) is 0 Å². The number of hydrogen-bond donors (Lipinski definition) is 3. The molecule has 0 saturated heterocycles. The third-order valence-electron chi connectivity index (χ3n) is 3.70. The minimum atomic E-state index is -0.457. The summed E-state index contributed by atoms with van der Waals surface area (Å²) < 4.78 is 4.71. The molecule has 3 rings (SSSR count). The molecule has 1 aromatic heterocycles. The van der Waals surface area contributed by atoms with Gasteiger partial charge >= 0.3 is 12.0 Å². The highest BCUT2D eigenvalue weighted by atomic mass is 35.5. The van der Waals surface area contributed by atoms with Crippen molar-refractivity contribution in [3.63, 3.8) is 0 Å². The van der Waals surface area contributed by atoms with Crippen molar-refractivity contribution in [3.05, 3.63) is 77.4 Å². The highest BCUT2D eigenvalue weighted by Gasteiger charge is 2.10. The van der Waals surface area contributed by atoms with Crippen LogP contribution in [0.3, 0.4) is 0 Å². The van der Waals surface area contributed by atoms with Crippen molar-refractivity contribution < 1.29 is 14.3 Å². The first-order chi connectivity index (χ1) is 13.5. The van der Waals surface area contributed by atoms with E-state index >= 15 is 0 Å². The first-order valence-electron chi connectivity index (χ1n) is 8.29. The lowest BCUT2D eigenvalue weighted by Crippen LogP contribution is -2.19. The van der Waals surface area contributed by atoms with Crippen LogP contribution in [0.5, 0.6) is 0 Å². The number of benzene rings is 2. The molecule has 28 heavy (non-hydrogen) atoms. The largest absolute Gasteiger partial charge is 0.465 e. The topological polar surface area (TPSA) is 92.4 Å². The number of pyridine rings is 1. The van der Waals surface area contributed by atoms with Gasteiger partial charge in [0.05, 0.1) is 35.3 Å². The van der Waals surface area contributed by atoms with Crippen LogP contribution in [0.25, 0.3) is 0 Å². The second-order valence-electron chi connectivity index (χ2n) is 5.69. The maximum Gasteiger partial charge on any atom is 0.337 e. The Kier molecular flexibility index (Phi) is 6.08. The molecule has 0 aliphatic carbocycles. The summed E-state index contributed by atoms with van der Waals surface area (Å²) in [5, 5.41) is 8.88. The highest BCUT2D eigenvalue weighted by Crippen LogP contribution is 2.27. The van der Waals surface area contributed by atoms with Gasteiger partial charge in [0, 0.05) is 5.69 Å². The lowest BCUT2D eigenvalue weighted by Gasteiger charge is -2.11. The first kappa shape index (κ1) is 19.2. The van der Waals surface area contributed by atoms with Crippen molar-refractivity contribution in [2.24, 2.45) is 0 Å². The van der Waals surface area contributed by atoms with Crippen LogP contribution in [0.15, 0.2) is 66.9 Å². The normalized spacial score (nSPS) is 10.1. The summed E-state index contributed by atoms with van der Waals surface area (Å²) in [6.07, 6.45) is 1.54. The predicted octanol–water partition coefficient (Wildman–Crippen LogP) is 4.91. The first-order valence-corrected chi connectivity index (χ1v) is 8.67. The molecule has 7 nitrogen and oxygen atoms in total. The molecule has 0 atom stereocenters. The zero-order valence-electron chi connectivity index (χ0n) is 14.9. The number of carbonyl (C=O) groups excluding carboxylic acids is 2. The quantitative estimate of drug-likeness (QED) is 0.533. The molecule has 8 heteroatoms. The summed E-state index contributed by atoms with van der Waals surface area (Å²) in [6.45, 7) is 0. The van der Waals surface area contributed by atoms with Crippen molar-refractivity contribution in [1.82, 2.24) is 4.98 Å². The summed E-state index contributed by atoms with van der Waals surface area (Å²) in [5.41, 5.74) is 2.23. The number of urea groups is 1. The van der Waals surface area contributed by atoms with Crippen LogP contribution in [-0.4, -0.2) is 24.1 Å². The van der Waals surface area contributed by atoms with Gasteiger partial charge in [0.15, 0.2) is 0 Å². The molecule has 3 N–H and O–H groups in total. The van der Waals surface area contributed by atoms with Gasteiger partial charge in [-0.3, -0.25) is 5.32 Å². The molecule has 0 unspecified atom stereocenters. The van der Waals surface area contributed by atoms with Crippen molar-refractivity contribution >= 4 is 46.5 Å². The maximum absolute atomic E-state index is 12.0. The van der Waals surface area contributed by atoms with E-state index in [1.807, 2.05) is 18.2 Å². The molecule has 0 fully saturated rings. The summed E-state index contributed by atoms with van der Waals surface area (Å²) in [5.74, 6) is -0.0739. The van der Waals surface area contributed by atoms with Gasteiger partial charge in [0.1, 0.15) is 5.82 Å². The lowest BCUT2D eigenvalue weighted by atomic mass is 10.2. The molecular weight excluding hydrogens is 380 g/mol. The number of hydrogen-bond acceptors (Lipinski definition) is 5. The second-order valence-corrected chi connectivity index (χ2v) is 6.10. The number of halogens is 1. The fourth-order valence-electron chi connectivity index (χ4n) is 2.36. The number of ether oxygens (including phenoxy) is 1. The maximum atomic E-state index is 12.0. The van der Waals surface area contributed by atoms with Crippen LogP contribution in [0.4, 0.5) is 27.7 Å². The van der Waals surface area contributed by atoms with Crippen LogP contribution in [0.1, 0.15) is 10.4 Å². The van der Waals surface area contributed by atoms with Gasteiger partial charge in [-0.05, 0) is 42.5 Å².